The standard InChI is InChI=1S/C19H31F2N5/c1-5-22-19(23-9-11-25(4)14(2)3)24-16-8-10-26(13-16)18-7-6-15(20)12-17(18)21/h6-7,12,14,16H,5,8-11,13H2,1-4H3,(H2,22,23,24). The Kier molecular flexibility index (Phi) is 7.63. The number of benzene rings is 1. The van der Waals surface area contributed by atoms with Gasteiger partial charge in [-0.25, -0.2) is 8.78 Å². The summed E-state index contributed by atoms with van der Waals surface area (Å²) in [5, 5.41) is 6.70. The average molecular weight is 367 g/mol. The summed E-state index contributed by atoms with van der Waals surface area (Å²) in [4.78, 5) is 8.84. The van der Waals surface area contributed by atoms with Crippen LogP contribution in [0.1, 0.15) is 27.2 Å². The van der Waals surface area contributed by atoms with Gasteiger partial charge < -0.3 is 20.4 Å². The zero-order valence-corrected chi connectivity index (χ0v) is 16.2. The quantitative estimate of drug-likeness (QED) is 0.574. The Morgan fingerprint density at radius 2 is 2.15 bits per heavy atom. The van der Waals surface area contributed by atoms with Gasteiger partial charge in [-0.2, -0.15) is 0 Å². The zero-order chi connectivity index (χ0) is 19.1. The maximum atomic E-state index is 14.0. The molecule has 1 heterocycles. The van der Waals surface area contributed by atoms with E-state index in [9.17, 15) is 8.78 Å². The molecule has 5 nitrogen and oxygen atoms in total. The topological polar surface area (TPSA) is 42.9 Å². The minimum absolute atomic E-state index is 0.181. The van der Waals surface area contributed by atoms with Gasteiger partial charge in [-0.05, 0) is 46.4 Å². The van der Waals surface area contributed by atoms with Crippen molar-refractivity contribution in [1.82, 2.24) is 15.5 Å². The molecular weight excluding hydrogens is 336 g/mol. The van der Waals surface area contributed by atoms with Crippen LogP contribution in [-0.2, 0) is 0 Å². The van der Waals surface area contributed by atoms with Crippen LogP contribution in [0, 0.1) is 11.6 Å². The van der Waals surface area contributed by atoms with Gasteiger partial charge in [-0.15, -0.1) is 0 Å². The lowest BCUT2D eigenvalue weighted by atomic mass is 10.2. The second kappa shape index (κ2) is 9.71. The molecule has 0 aromatic heterocycles. The van der Waals surface area contributed by atoms with Gasteiger partial charge in [0, 0.05) is 44.3 Å². The molecule has 1 aromatic carbocycles. The molecule has 0 radical (unpaired) electrons. The Morgan fingerprint density at radius 3 is 2.81 bits per heavy atom. The molecule has 1 saturated heterocycles. The molecule has 2 rings (SSSR count). The first-order chi connectivity index (χ1) is 12.4. The molecule has 7 heteroatoms. The van der Waals surface area contributed by atoms with Gasteiger partial charge in [-0.3, -0.25) is 4.99 Å². The Bertz CT molecular complexity index is 606. The summed E-state index contributed by atoms with van der Waals surface area (Å²) < 4.78 is 27.1. The van der Waals surface area contributed by atoms with Crippen molar-refractivity contribution >= 4 is 11.6 Å². The van der Waals surface area contributed by atoms with E-state index in [2.05, 4.69) is 41.4 Å². The molecule has 1 aliphatic heterocycles. The number of hydrogen-bond donors (Lipinski definition) is 2. The third kappa shape index (κ3) is 5.83. The number of rotatable bonds is 7. The highest BCUT2D eigenvalue weighted by molar-refractivity contribution is 5.80. The maximum absolute atomic E-state index is 14.0. The van der Waals surface area contributed by atoms with E-state index < -0.39 is 11.6 Å². The van der Waals surface area contributed by atoms with Gasteiger partial charge in [0.15, 0.2) is 5.96 Å². The summed E-state index contributed by atoms with van der Waals surface area (Å²) >= 11 is 0. The third-order valence-corrected chi connectivity index (χ3v) is 4.73. The highest BCUT2D eigenvalue weighted by atomic mass is 19.1. The van der Waals surface area contributed by atoms with E-state index >= 15 is 0 Å². The van der Waals surface area contributed by atoms with Crippen LogP contribution in [0.25, 0.3) is 0 Å². The van der Waals surface area contributed by atoms with Gasteiger partial charge in [0.1, 0.15) is 11.6 Å². The van der Waals surface area contributed by atoms with E-state index in [1.807, 2.05) is 11.8 Å². The summed E-state index contributed by atoms with van der Waals surface area (Å²) in [6, 6.07) is 4.42. The van der Waals surface area contributed by atoms with Gasteiger partial charge in [0.25, 0.3) is 0 Å². The highest BCUT2D eigenvalue weighted by Crippen LogP contribution is 2.24. The van der Waals surface area contributed by atoms with Crippen molar-refractivity contribution in [2.24, 2.45) is 4.99 Å². The molecular formula is C19H31F2N5. The van der Waals surface area contributed by atoms with E-state index in [1.54, 1.807) is 0 Å². The first-order valence-electron chi connectivity index (χ1n) is 9.35. The second-order valence-corrected chi connectivity index (χ2v) is 7.01. The number of aliphatic imine (C=N–C) groups is 1. The number of halogens is 2. The lowest BCUT2D eigenvalue weighted by molar-refractivity contribution is 0.282. The number of nitrogens with one attached hydrogen (secondary N) is 2. The molecule has 1 aliphatic rings. The Morgan fingerprint density at radius 1 is 1.38 bits per heavy atom. The normalized spacial score (nSPS) is 18.1. The number of anilines is 1. The Balaban J connectivity index is 1.91. The van der Waals surface area contributed by atoms with Crippen molar-refractivity contribution in [1.29, 1.82) is 0 Å². The van der Waals surface area contributed by atoms with Crippen LogP contribution in [0.2, 0.25) is 0 Å². The fraction of sp³-hybridized carbons (Fsp3) is 0.632. The van der Waals surface area contributed by atoms with Gasteiger partial charge in [-0.1, -0.05) is 0 Å². The number of likely N-dealkylation sites (N-methyl/N-ethyl adjacent to an activating group) is 1. The van der Waals surface area contributed by atoms with Crippen LogP contribution in [0.5, 0.6) is 0 Å². The monoisotopic (exact) mass is 367 g/mol. The third-order valence-electron chi connectivity index (χ3n) is 4.73. The van der Waals surface area contributed by atoms with Crippen molar-refractivity contribution < 1.29 is 8.78 Å². The lowest BCUT2D eigenvalue weighted by Crippen LogP contribution is -2.45. The van der Waals surface area contributed by atoms with E-state index in [1.165, 1.54) is 12.1 Å². The van der Waals surface area contributed by atoms with Crippen molar-refractivity contribution in [3.63, 3.8) is 0 Å². The molecule has 2 N–H and O–H groups in total. The molecule has 1 aromatic rings. The summed E-state index contributed by atoms with van der Waals surface area (Å²) in [6.45, 7) is 10.2. The number of hydrogen-bond acceptors (Lipinski definition) is 3. The van der Waals surface area contributed by atoms with Crippen LogP contribution >= 0.6 is 0 Å². The molecule has 0 aliphatic carbocycles. The van der Waals surface area contributed by atoms with Crippen LogP contribution in [-0.4, -0.2) is 62.7 Å². The fourth-order valence-corrected chi connectivity index (χ4v) is 2.93. The van der Waals surface area contributed by atoms with Crippen LogP contribution in [0.4, 0.5) is 14.5 Å². The van der Waals surface area contributed by atoms with E-state index in [4.69, 9.17) is 0 Å². The molecule has 0 spiro atoms. The largest absolute Gasteiger partial charge is 0.367 e. The van der Waals surface area contributed by atoms with Gasteiger partial charge in [0.05, 0.1) is 12.2 Å². The fourth-order valence-electron chi connectivity index (χ4n) is 2.93. The number of nitrogens with zero attached hydrogens (tertiary/aromatic N) is 3. The minimum atomic E-state index is -0.548. The van der Waals surface area contributed by atoms with Crippen LogP contribution in [0.15, 0.2) is 23.2 Å². The van der Waals surface area contributed by atoms with E-state index in [-0.39, 0.29) is 6.04 Å². The van der Waals surface area contributed by atoms with E-state index in [0.29, 0.717) is 24.8 Å². The molecule has 0 bridgehead atoms. The van der Waals surface area contributed by atoms with Crippen molar-refractivity contribution in [2.75, 3.05) is 44.7 Å². The molecule has 1 fully saturated rings. The predicted molar refractivity (Wildman–Crippen MR) is 104 cm³/mol. The SMILES string of the molecule is CCNC(=NCCN(C)C(C)C)NC1CCN(c2ccc(F)cc2F)C1. The highest BCUT2D eigenvalue weighted by Gasteiger charge is 2.25. The first kappa shape index (κ1) is 20.4. The van der Waals surface area contributed by atoms with Crippen molar-refractivity contribution in [3.8, 4) is 0 Å². The zero-order valence-electron chi connectivity index (χ0n) is 16.2. The average Bonchev–Trinajstić information content (AvgIpc) is 3.03. The molecule has 0 saturated carbocycles. The summed E-state index contributed by atoms with van der Waals surface area (Å²) in [6.07, 6.45) is 0.882. The molecule has 26 heavy (non-hydrogen) atoms. The van der Waals surface area contributed by atoms with E-state index in [0.717, 1.165) is 38.1 Å². The summed E-state index contributed by atoms with van der Waals surface area (Å²) in [5.74, 6) is -0.271. The minimum Gasteiger partial charge on any atom is -0.367 e. The van der Waals surface area contributed by atoms with Crippen LogP contribution < -0.4 is 15.5 Å². The lowest BCUT2D eigenvalue weighted by Gasteiger charge is -2.22. The van der Waals surface area contributed by atoms with Crippen molar-refractivity contribution in [2.45, 2.75) is 39.3 Å². The van der Waals surface area contributed by atoms with Gasteiger partial charge >= 0.3 is 0 Å². The van der Waals surface area contributed by atoms with Crippen molar-refractivity contribution in [3.05, 3.63) is 29.8 Å². The van der Waals surface area contributed by atoms with Crippen LogP contribution in [0.3, 0.4) is 0 Å². The first-order valence-corrected chi connectivity index (χ1v) is 9.35. The Labute approximate surface area is 155 Å². The summed E-state index contributed by atoms with van der Waals surface area (Å²) in [7, 11) is 2.09. The maximum Gasteiger partial charge on any atom is 0.191 e. The van der Waals surface area contributed by atoms with Gasteiger partial charge in [0.2, 0.25) is 0 Å². The predicted octanol–water partition coefficient (Wildman–Crippen LogP) is 2.44. The molecule has 146 valence electrons. The molecule has 0 amide bonds. The smallest absolute Gasteiger partial charge is 0.191 e. The Hall–Kier alpha value is -1.89. The summed E-state index contributed by atoms with van der Waals surface area (Å²) in [5.41, 5.74) is 0.455. The number of guanidine groups is 1. The molecule has 1 atom stereocenters. The molecule has 1 unspecified atom stereocenters. The second-order valence-electron chi connectivity index (χ2n) is 7.01.